The van der Waals surface area contributed by atoms with E-state index in [1.54, 1.807) is 31.3 Å². The second-order valence-corrected chi connectivity index (χ2v) is 4.04. The summed E-state index contributed by atoms with van der Waals surface area (Å²) in [6.07, 6.45) is -2.82. The molecule has 4 heteroatoms. The van der Waals surface area contributed by atoms with Gasteiger partial charge in [-0.3, -0.25) is 4.98 Å². The van der Waals surface area contributed by atoms with Crippen LogP contribution in [0.3, 0.4) is 0 Å². The average Bonchev–Trinajstić information content (AvgIpc) is 2.57. The SMILES string of the molecule is [2H]c1c(OC)cc(NC(C)C([2H])([2H])C([2H])([2H])CN)c2ncccc12. The van der Waals surface area contributed by atoms with E-state index in [9.17, 15) is 0 Å². The van der Waals surface area contributed by atoms with Crippen LogP contribution in [0.15, 0.2) is 30.4 Å². The molecule has 1 unspecified atom stereocenters. The minimum absolute atomic E-state index is 0.194. The molecule has 1 aromatic heterocycles. The van der Waals surface area contributed by atoms with Crippen molar-refractivity contribution in [1.82, 2.24) is 4.98 Å². The Bertz CT molecular complexity index is 738. The fraction of sp³-hybridized carbons (Fsp3) is 0.400. The Balaban J connectivity index is 2.48. The third-order valence-corrected chi connectivity index (χ3v) is 2.61. The van der Waals surface area contributed by atoms with Gasteiger partial charge in [-0.15, -0.1) is 0 Å². The van der Waals surface area contributed by atoms with Crippen LogP contribution >= 0.6 is 0 Å². The number of rotatable bonds is 6. The van der Waals surface area contributed by atoms with Crippen molar-refractivity contribution in [2.45, 2.75) is 25.7 Å². The van der Waals surface area contributed by atoms with Crippen molar-refractivity contribution < 1.29 is 11.6 Å². The number of ether oxygens (including phenoxy) is 1. The van der Waals surface area contributed by atoms with E-state index in [0.29, 0.717) is 22.3 Å². The Morgan fingerprint density at radius 2 is 2.47 bits per heavy atom. The van der Waals surface area contributed by atoms with Gasteiger partial charge >= 0.3 is 0 Å². The van der Waals surface area contributed by atoms with Crippen LogP contribution in [0, 0.1) is 0 Å². The highest BCUT2D eigenvalue weighted by molar-refractivity contribution is 5.91. The molecule has 1 heterocycles. The van der Waals surface area contributed by atoms with Gasteiger partial charge in [0.15, 0.2) is 0 Å². The molecule has 0 radical (unpaired) electrons. The molecule has 2 aromatic rings. The fourth-order valence-electron chi connectivity index (χ4n) is 1.79. The van der Waals surface area contributed by atoms with Crippen LogP contribution in [-0.4, -0.2) is 24.7 Å². The molecule has 1 aromatic carbocycles. The molecule has 102 valence electrons. The smallest absolute Gasteiger partial charge is 0.121 e. The van der Waals surface area contributed by atoms with E-state index >= 15 is 0 Å². The zero-order valence-electron chi connectivity index (χ0n) is 16.0. The molecule has 4 nitrogen and oxygen atoms in total. The number of nitrogens with one attached hydrogen (secondary N) is 1. The molecule has 0 bridgehead atoms. The van der Waals surface area contributed by atoms with Gasteiger partial charge in [-0.2, -0.15) is 0 Å². The minimum atomic E-state index is -2.21. The number of hydrogen-bond acceptors (Lipinski definition) is 4. The highest BCUT2D eigenvalue weighted by atomic mass is 16.5. The van der Waals surface area contributed by atoms with E-state index in [1.165, 1.54) is 7.11 Å². The van der Waals surface area contributed by atoms with Crippen LogP contribution in [-0.2, 0) is 0 Å². The molecular formula is C15H21N3O. The summed E-state index contributed by atoms with van der Waals surface area (Å²) < 4.78 is 45.1. The Morgan fingerprint density at radius 1 is 1.63 bits per heavy atom. The number of fused-ring (bicyclic) bond motifs is 1. The number of methoxy groups -OCH3 is 1. The molecule has 19 heavy (non-hydrogen) atoms. The summed E-state index contributed by atoms with van der Waals surface area (Å²) in [6.45, 7) is 1.11. The molecule has 0 saturated carbocycles. The van der Waals surface area contributed by atoms with Crippen LogP contribution in [0.1, 0.15) is 26.5 Å². The summed E-state index contributed by atoms with van der Waals surface area (Å²) in [5.74, 6) is 0.326. The highest BCUT2D eigenvalue weighted by Crippen LogP contribution is 2.28. The van der Waals surface area contributed by atoms with Gasteiger partial charge in [0, 0.05) is 29.2 Å². The molecule has 0 amide bonds. The molecule has 0 aliphatic rings. The second-order valence-electron chi connectivity index (χ2n) is 4.04. The molecule has 0 spiro atoms. The van der Waals surface area contributed by atoms with Crippen LogP contribution in [0.25, 0.3) is 10.9 Å². The summed E-state index contributed by atoms with van der Waals surface area (Å²) in [5.41, 5.74) is 6.35. The number of pyridine rings is 1. The molecule has 1 atom stereocenters. The first-order valence-corrected chi connectivity index (χ1v) is 6.04. The quantitative estimate of drug-likeness (QED) is 0.842. The number of hydrogen-bond donors (Lipinski definition) is 2. The number of nitrogens with zero attached hydrogens (tertiary/aromatic N) is 1. The topological polar surface area (TPSA) is 60.2 Å². The van der Waals surface area contributed by atoms with Crippen LogP contribution in [0.4, 0.5) is 5.69 Å². The lowest BCUT2D eigenvalue weighted by molar-refractivity contribution is 0.415. The van der Waals surface area contributed by atoms with Gasteiger partial charge in [0.1, 0.15) is 5.75 Å². The first-order chi connectivity index (χ1) is 11.2. The van der Waals surface area contributed by atoms with Crippen molar-refractivity contribution in [1.29, 1.82) is 0 Å². The Labute approximate surface area is 121 Å². The maximum Gasteiger partial charge on any atom is 0.121 e. The molecule has 3 N–H and O–H groups in total. The predicted molar refractivity (Wildman–Crippen MR) is 79.7 cm³/mol. The normalized spacial score (nSPS) is 17.7. The number of anilines is 1. The van der Waals surface area contributed by atoms with Gasteiger partial charge in [0.2, 0.25) is 0 Å². The van der Waals surface area contributed by atoms with Gasteiger partial charge in [0.05, 0.1) is 19.7 Å². The van der Waals surface area contributed by atoms with Crippen molar-refractivity contribution in [2.24, 2.45) is 5.73 Å². The molecule has 2 rings (SSSR count). The minimum Gasteiger partial charge on any atom is -0.497 e. The monoisotopic (exact) mass is 264 g/mol. The maximum absolute atomic E-state index is 8.13. The van der Waals surface area contributed by atoms with Gasteiger partial charge in [0.25, 0.3) is 0 Å². The first kappa shape index (κ1) is 8.38. The molecule has 0 fully saturated rings. The van der Waals surface area contributed by atoms with Crippen molar-refractivity contribution in [3.8, 4) is 5.75 Å². The second kappa shape index (κ2) is 6.38. The van der Waals surface area contributed by atoms with Gasteiger partial charge < -0.3 is 15.8 Å². The largest absolute Gasteiger partial charge is 0.497 e. The van der Waals surface area contributed by atoms with Crippen molar-refractivity contribution in [2.75, 3.05) is 19.0 Å². The lowest BCUT2D eigenvalue weighted by Crippen LogP contribution is -2.17. The third-order valence-electron chi connectivity index (χ3n) is 2.61. The Morgan fingerprint density at radius 3 is 3.21 bits per heavy atom. The zero-order valence-corrected chi connectivity index (χ0v) is 11.0. The third kappa shape index (κ3) is 3.35. The summed E-state index contributed by atoms with van der Waals surface area (Å²) in [5, 5.41) is 3.53. The molecule has 0 aliphatic heterocycles. The fourth-order valence-corrected chi connectivity index (χ4v) is 1.79. The van der Waals surface area contributed by atoms with E-state index in [-0.39, 0.29) is 6.04 Å². The van der Waals surface area contributed by atoms with E-state index in [2.05, 4.69) is 10.3 Å². The predicted octanol–water partition coefficient (Wildman–Crippen LogP) is 2.78. The van der Waals surface area contributed by atoms with E-state index in [0.717, 1.165) is 0 Å². The number of nitrogens with two attached hydrogens (primary N) is 1. The van der Waals surface area contributed by atoms with Gasteiger partial charge in [-0.1, -0.05) is 6.07 Å². The molecule has 0 saturated heterocycles. The van der Waals surface area contributed by atoms with Crippen molar-refractivity contribution in [3.05, 3.63) is 30.4 Å². The lowest BCUT2D eigenvalue weighted by Gasteiger charge is -2.17. The van der Waals surface area contributed by atoms with Crippen molar-refractivity contribution in [3.63, 3.8) is 0 Å². The Hall–Kier alpha value is -1.81. The van der Waals surface area contributed by atoms with Gasteiger partial charge in [-0.05, 0) is 38.3 Å². The molecule has 0 aliphatic carbocycles. The Kier molecular flexibility index (Phi) is 2.82. The van der Waals surface area contributed by atoms with E-state index in [1.807, 2.05) is 0 Å². The summed E-state index contributed by atoms with van der Waals surface area (Å²) in [4.78, 5) is 4.26. The summed E-state index contributed by atoms with van der Waals surface area (Å²) in [7, 11) is 1.45. The molecular weight excluding hydrogens is 238 g/mol. The van der Waals surface area contributed by atoms with Gasteiger partial charge in [-0.25, -0.2) is 0 Å². The summed E-state index contributed by atoms with van der Waals surface area (Å²) in [6, 6.07) is 4.32. The number of benzene rings is 1. The number of aromatic nitrogens is 1. The highest BCUT2D eigenvalue weighted by Gasteiger charge is 2.08. The summed E-state index contributed by atoms with van der Waals surface area (Å²) >= 11 is 0. The van der Waals surface area contributed by atoms with E-state index < -0.39 is 25.3 Å². The van der Waals surface area contributed by atoms with Crippen LogP contribution < -0.4 is 15.8 Å². The first-order valence-electron chi connectivity index (χ1n) is 8.54. The van der Waals surface area contributed by atoms with Crippen molar-refractivity contribution >= 4 is 16.6 Å². The zero-order chi connectivity index (χ0) is 18.1. The maximum atomic E-state index is 8.13. The van der Waals surface area contributed by atoms with E-state index in [4.69, 9.17) is 17.3 Å². The van der Waals surface area contributed by atoms with Crippen LogP contribution in [0.5, 0.6) is 5.75 Å². The average molecular weight is 264 g/mol. The lowest BCUT2D eigenvalue weighted by atomic mass is 10.1. The standard InChI is InChI=1S/C15H21N3O/c1-11(5-3-7-16)18-14-10-13(19-2)9-12-6-4-8-17-15(12)14/h4,6,8-11,18H,3,5,7,16H2,1-2H3/i3D2,5D2,9D. The van der Waals surface area contributed by atoms with Crippen LogP contribution in [0.2, 0.25) is 0 Å².